The number of Topliss-reactive ketones (excluding diaryl/α,β-unsaturated/α-hetero) is 1. The zero-order valence-electron chi connectivity index (χ0n) is 9.03. The molecule has 0 saturated carbocycles. The Morgan fingerprint density at radius 2 is 2.00 bits per heavy atom. The van der Waals surface area contributed by atoms with E-state index >= 15 is 0 Å². The molecule has 0 radical (unpaired) electrons. The largest absolute Gasteiger partial charge is 0.315 e. The van der Waals surface area contributed by atoms with Crippen LogP contribution in [-0.4, -0.2) is 30.9 Å². The zero-order chi connectivity index (χ0) is 10.9. The Hall–Kier alpha value is -0.800. The number of ketones is 1. The molecule has 0 saturated heterocycles. The second-order valence-corrected chi connectivity index (χ2v) is 4.27. The highest BCUT2D eigenvalue weighted by Gasteiger charge is 2.03. The smallest absolute Gasteiger partial charge is 0.164 e. The van der Waals surface area contributed by atoms with Gasteiger partial charge in [0.25, 0.3) is 0 Å². The number of benzene rings is 1. The standard InChI is InChI=1S/C12H17NOS/c1-15-10-9-13-8-7-12(14)11-5-3-2-4-6-11/h2-6,13H,7-10H2,1H3. The number of nitrogens with one attached hydrogen (secondary N) is 1. The summed E-state index contributed by atoms with van der Waals surface area (Å²) in [6, 6.07) is 9.45. The van der Waals surface area contributed by atoms with Crippen molar-refractivity contribution in [3.63, 3.8) is 0 Å². The highest BCUT2D eigenvalue weighted by atomic mass is 32.2. The molecule has 0 fully saturated rings. The monoisotopic (exact) mass is 223 g/mol. The average Bonchev–Trinajstić information content (AvgIpc) is 2.30. The summed E-state index contributed by atoms with van der Waals surface area (Å²) >= 11 is 1.81. The Morgan fingerprint density at radius 1 is 1.27 bits per heavy atom. The third-order valence-electron chi connectivity index (χ3n) is 2.11. The zero-order valence-corrected chi connectivity index (χ0v) is 9.85. The molecule has 0 atom stereocenters. The second kappa shape index (κ2) is 7.49. The third kappa shape index (κ3) is 5.00. The van der Waals surface area contributed by atoms with Crippen molar-refractivity contribution in [2.45, 2.75) is 6.42 Å². The first-order valence-corrected chi connectivity index (χ1v) is 6.52. The summed E-state index contributed by atoms with van der Waals surface area (Å²) in [7, 11) is 0. The topological polar surface area (TPSA) is 29.1 Å². The fourth-order valence-electron chi connectivity index (χ4n) is 1.27. The first kappa shape index (κ1) is 12.3. The minimum atomic E-state index is 0.215. The Balaban J connectivity index is 2.20. The van der Waals surface area contributed by atoms with E-state index in [4.69, 9.17) is 0 Å². The van der Waals surface area contributed by atoms with Crippen LogP contribution in [0.4, 0.5) is 0 Å². The number of thioether (sulfide) groups is 1. The van der Waals surface area contributed by atoms with Crippen molar-refractivity contribution >= 4 is 17.5 Å². The molecule has 1 rings (SSSR count). The lowest BCUT2D eigenvalue weighted by Gasteiger charge is -2.03. The Morgan fingerprint density at radius 3 is 2.67 bits per heavy atom. The van der Waals surface area contributed by atoms with Crippen LogP contribution in [0.5, 0.6) is 0 Å². The Kier molecular flexibility index (Phi) is 6.12. The number of hydrogen-bond donors (Lipinski definition) is 1. The van der Waals surface area contributed by atoms with Crippen LogP contribution in [0.1, 0.15) is 16.8 Å². The predicted octanol–water partition coefficient (Wildman–Crippen LogP) is 2.21. The molecule has 2 nitrogen and oxygen atoms in total. The van der Waals surface area contributed by atoms with Gasteiger partial charge in [0.1, 0.15) is 0 Å². The third-order valence-corrected chi connectivity index (χ3v) is 2.72. The highest BCUT2D eigenvalue weighted by molar-refractivity contribution is 7.98. The fraction of sp³-hybridized carbons (Fsp3) is 0.417. The van der Waals surface area contributed by atoms with Crippen LogP contribution in [-0.2, 0) is 0 Å². The summed E-state index contributed by atoms with van der Waals surface area (Å²) in [6.45, 7) is 1.75. The van der Waals surface area contributed by atoms with Crippen molar-refractivity contribution in [2.75, 3.05) is 25.1 Å². The van der Waals surface area contributed by atoms with Crippen molar-refractivity contribution in [2.24, 2.45) is 0 Å². The maximum atomic E-state index is 11.6. The van der Waals surface area contributed by atoms with E-state index in [0.717, 1.165) is 24.4 Å². The molecule has 0 bridgehead atoms. The van der Waals surface area contributed by atoms with Crippen molar-refractivity contribution in [3.8, 4) is 0 Å². The summed E-state index contributed by atoms with van der Waals surface area (Å²) in [5.41, 5.74) is 0.809. The summed E-state index contributed by atoms with van der Waals surface area (Å²) in [6.07, 6.45) is 2.66. The lowest BCUT2D eigenvalue weighted by atomic mass is 10.1. The fourth-order valence-corrected chi connectivity index (χ4v) is 1.62. The molecule has 0 aromatic heterocycles. The van der Waals surface area contributed by atoms with Gasteiger partial charge in [0, 0.05) is 30.8 Å². The van der Waals surface area contributed by atoms with Gasteiger partial charge in [0.15, 0.2) is 5.78 Å². The molecule has 0 aliphatic heterocycles. The molecule has 1 aromatic rings. The molecule has 82 valence electrons. The van der Waals surface area contributed by atoms with Gasteiger partial charge in [-0.1, -0.05) is 30.3 Å². The summed E-state index contributed by atoms with van der Waals surface area (Å²) in [5.74, 6) is 1.31. The van der Waals surface area contributed by atoms with E-state index in [9.17, 15) is 4.79 Å². The van der Waals surface area contributed by atoms with E-state index in [0.29, 0.717) is 6.42 Å². The van der Waals surface area contributed by atoms with Crippen LogP contribution in [0.3, 0.4) is 0 Å². The van der Waals surface area contributed by atoms with E-state index in [-0.39, 0.29) is 5.78 Å². The SMILES string of the molecule is CSCCNCCC(=O)c1ccccc1. The van der Waals surface area contributed by atoms with Crippen molar-refractivity contribution < 1.29 is 4.79 Å². The molecule has 0 heterocycles. The molecule has 0 spiro atoms. The lowest BCUT2D eigenvalue weighted by molar-refractivity contribution is 0.0983. The van der Waals surface area contributed by atoms with Crippen LogP contribution in [0.2, 0.25) is 0 Å². The minimum Gasteiger partial charge on any atom is -0.315 e. The number of carbonyl (C=O) groups excluding carboxylic acids is 1. The van der Waals surface area contributed by atoms with Gasteiger partial charge < -0.3 is 5.32 Å². The van der Waals surface area contributed by atoms with Gasteiger partial charge in [-0.15, -0.1) is 0 Å². The highest BCUT2D eigenvalue weighted by Crippen LogP contribution is 2.01. The number of carbonyl (C=O) groups is 1. The van der Waals surface area contributed by atoms with Gasteiger partial charge >= 0.3 is 0 Å². The Bertz CT molecular complexity index is 287. The maximum Gasteiger partial charge on any atom is 0.164 e. The average molecular weight is 223 g/mol. The molecule has 0 aliphatic carbocycles. The normalized spacial score (nSPS) is 10.2. The van der Waals surface area contributed by atoms with E-state index in [1.807, 2.05) is 42.1 Å². The van der Waals surface area contributed by atoms with Crippen LogP contribution in [0.25, 0.3) is 0 Å². The van der Waals surface area contributed by atoms with Crippen LogP contribution in [0, 0.1) is 0 Å². The summed E-state index contributed by atoms with van der Waals surface area (Å²) in [4.78, 5) is 11.6. The first-order chi connectivity index (χ1) is 7.34. The molecule has 3 heteroatoms. The predicted molar refractivity (Wildman–Crippen MR) is 66.6 cm³/mol. The molecule has 0 amide bonds. The van der Waals surface area contributed by atoms with E-state index in [1.54, 1.807) is 0 Å². The van der Waals surface area contributed by atoms with Gasteiger partial charge in [-0.05, 0) is 6.26 Å². The van der Waals surface area contributed by atoms with Gasteiger partial charge in [0.05, 0.1) is 0 Å². The summed E-state index contributed by atoms with van der Waals surface area (Å²) < 4.78 is 0. The molecular formula is C12H17NOS. The molecule has 1 N–H and O–H groups in total. The van der Waals surface area contributed by atoms with Gasteiger partial charge in [-0.3, -0.25) is 4.79 Å². The van der Waals surface area contributed by atoms with E-state index < -0.39 is 0 Å². The summed E-state index contributed by atoms with van der Waals surface area (Å²) in [5, 5.41) is 3.25. The van der Waals surface area contributed by atoms with E-state index in [1.165, 1.54) is 0 Å². The Labute approximate surface area is 95.5 Å². The molecule has 0 unspecified atom stereocenters. The molecule has 1 aromatic carbocycles. The molecular weight excluding hydrogens is 206 g/mol. The van der Waals surface area contributed by atoms with Gasteiger partial charge in [-0.25, -0.2) is 0 Å². The van der Waals surface area contributed by atoms with Crippen molar-refractivity contribution in [1.82, 2.24) is 5.32 Å². The maximum absolute atomic E-state index is 11.6. The van der Waals surface area contributed by atoms with E-state index in [2.05, 4.69) is 11.6 Å². The molecule has 15 heavy (non-hydrogen) atoms. The second-order valence-electron chi connectivity index (χ2n) is 3.28. The number of rotatable bonds is 7. The first-order valence-electron chi connectivity index (χ1n) is 5.12. The van der Waals surface area contributed by atoms with Crippen molar-refractivity contribution in [3.05, 3.63) is 35.9 Å². The minimum absolute atomic E-state index is 0.215. The molecule has 0 aliphatic rings. The van der Waals surface area contributed by atoms with Crippen LogP contribution < -0.4 is 5.32 Å². The van der Waals surface area contributed by atoms with Gasteiger partial charge in [-0.2, -0.15) is 11.8 Å². The number of hydrogen-bond acceptors (Lipinski definition) is 3. The van der Waals surface area contributed by atoms with Crippen LogP contribution in [0.15, 0.2) is 30.3 Å². The quantitative estimate of drug-likeness (QED) is 0.567. The lowest BCUT2D eigenvalue weighted by Crippen LogP contribution is -2.20. The van der Waals surface area contributed by atoms with Crippen molar-refractivity contribution in [1.29, 1.82) is 0 Å². The van der Waals surface area contributed by atoms with Crippen LogP contribution >= 0.6 is 11.8 Å². The van der Waals surface area contributed by atoms with Gasteiger partial charge in [0.2, 0.25) is 0 Å².